The van der Waals surface area contributed by atoms with Crippen LogP contribution in [0.5, 0.6) is 0 Å². The standard InChI is InChI=1S/C19H32N4OS/c1-14-8-12-23(13-9-14)11-5-10-20-18(24)7-6-17-15(2)21-19(25-4)22-16(17)3/h14H,5-13H2,1-4H3,(H,20,24). The van der Waals surface area contributed by atoms with Crippen molar-refractivity contribution < 1.29 is 4.79 Å². The number of nitrogens with one attached hydrogen (secondary N) is 1. The van der Waals surface area contributed by atoms with Crippen molar-refractivity contribution >= 4 is 17.7 Å². The quantitative estimate of drug-likeness (QED) is 0.437. The Morgan fingerprint density at radius 1 is 1.24 bits per heavy atom. The molecule has 0 unspecified atom stereocenters. The van der Waals surface area contributed by atoms with E-state index < -0.39 is 0 Å². The molecule has 6 heteroatoms. The van der Waals surface area contributed by atoms with Crippen molar-refractivity contribution in [1.29, 1.82) is 0 Å². The monoisotopic (exact) mass is 364 g/mol. The number of piperidine rings is 1. The molecular formula is C19H32N4OS. The number of aryl methyl sites for hydroxylation is 2. The van der Waals surface area contributed by atoms with Gasteiger partial charge in [0.05, 0.1) is 0 Å². The number of nitrogens with zero attached hydrogens (tertiary/aromatic N) is 3. The molecule has 5 nitrogen and oxygen atoms in total. The van der Waals surface area contributed by atoms with Crippen molar-refractivity contribution in [2.75, 3.05) is 32.4 Å². The zero-order valence-electron chi connectivity index (χ0n) is 16.1. The predicted octanol–water partition coefficient (Wildman–Crippen LogP) is 2.99. The van der Waals surface area contributed by atoms with Gasteiger partial charge in [0.1, 0.15) is 0 Å². The lowest BCUT2D eigenvalue weighted by Gasteiger charge is -2.30. The Kier molecular flexibility index (Phi) is 8.16. The number of amides is 1. The van der Waals surface area contributed by atoms with Crippen LogP contribution in [0.25, 0.3) is 0 Å². The van der Waals surface area contributed by atoms with Gasteiger partial charge in [-0.25, -0.2) is 9.97 Å². The largest absolute Gasteiger partial charge is 0.356 e. The number of likely N-dealkylation sites (tertiary alicyclic amines) is 1. The van der Waals surface area contributed by atoms with Crippen LogP contribution in [0.4, 0.5) is 0 Å². The molecule has 0 saturated carbocycles. The van der Waals surface area contributed by atoms with Gasteiger partial charge >= 0.3 is 0 Å². The van der Waals surface area contributed by atoms with E-state index in [1.807, 2.05) is 20.1 Å². The summed E-state index contributed by atoms with van der Waals surface area (Å²) in [6.07, 6.45) is 6.84. The van der Waals surface area contributed by atoms with Gasteiger partial charge in [-0.05, 0) is 76.9 Å². The molecule has 1 amide bonds. The summed E-state index contributed by atoms with van der Waals surface area (Å²) < 4.78 is 0. The normalized spacial score (nSPS) is 16.2. The smallest absolute Gasteiger partial charge is 0.220 e. The Labute approximate surface area is 156 Å². The van der Waals surface area contributed by atoms with Gasteiger partial charge in [0.15, 0.2) is 5.16 Å². The van der Waals surface area contributed by atoms with Crippen LogP contribution in [0, 0.1) is 19.8 Å². The molecule has 0 bridgehead atoms. The van der Waals surface area contributed by atoms with Gasteiger partial charge in [-0.3, -0.25) is 4.79 Å². The molecule has 0 radical (unpaired) electrons. The number of rotatable bonds is 8. The first-order valence-corrected chi connectivity index (χ1v) is 10.6. The highest BCUT2D eigenvalue weighted by Crippen LogP contribution is 2.17. The van der Waals surface area contributed by atoms with E-state index in [-0.39, 0.29) is 5.91 Å². The molecule has 1 aliphatic heterocycles. The first-order chi connectivity index (χ1) is 12.0. The summed E-state index contributed by atoms with van der Waals surface area (Å²) in [5, 5.41) is 3.85. The summed E-state index contributed by atoms with van der Waals surface area (Å²) in [5.74, 6) is 0.997. The lowest BCUT2D eigenvalue weighted by atomic mass is 9.99. The van der Waals surface area contributed by atoms with E-state index in [0.29, 0.717) is 12.8 Å². The summed E-state index contributed by atoms with van der Waals surface area (Å²) in [5.41, 5.74) is 3.09. The van der Waals surface area contributed by atoms with Crippen LogP contribution in [-0.4, -0.2) is 53.2 Å². The van der Waals surface area contributed by atoms with Gasteiger partial charge in [-0.15, -0.1) is 0 Å². The van der Waals surface area contributed by atoms with Crippen LogP contribution in [-0.2, 0) is 11.2 Å². The first kappa shape index (κ1) is 20.2. The highest BCUT2D eigenvalue weighted by molar-refractivity contribution is 7.98. The fraction of sp³-hybridized carbons (Fsp3) is 0.737. The summed E-state index contributed by atoms with van der Waals surface area (Å²) in [6.45, 7) is 10.6. The van der Waals surface area contributed by atoms with Gasteiger partial charge < -0.3 is 10.2 Å². The third-order valence-corrected chi connectivity index (χ3v) is 5.58. The second-order valence-corrected chi connectivity index (χ2v) is 7.86. The highest BCUT2D eigenvalue weighted by atomic mass is 32.2. The summed E-state index contributed by atoms with van der Waals surface area (Å²) in [7, 11) is 0. The van der Waals surface area contributed by atoms with Crippen molar-refractivity contribution in [2.24, 2.45) is 5.92 Å². The fourth-order valence-corrected chi connectivity index (χ4v) is 3.76. The van der Waals surface area contributed by atoms with E-state index in [2.05, 4.69) is 27.1 Å². The number of thioether (sulfide) groups is 1. The molecule has 0 atom stereocenters. The lowest BCUT2D eigenvalue weighted by molar-refractivity contribution is -0.121. The molecule has 1 saturated heterocycles. The minimum Gasteiger partial charge on any atom is -0.356 e. The van der Waals surface area contributed by atoms with E-state index in [1.54, 1.807) is 11.8 Å². The van der Waals surface area contributed by atoms with Crippen molar-refractivity contribution in [3.05, 3.63) is 17.0 Å². The molecule has 0 aromatic carbocycles. The highest BCUT2D eigenvalue weighted by Gasteiger charge is 2.15. The Balaban J connectivity index is 1.66. The molecule has 1 N–H and O–H groups in total. The second kappa shape index (κ2) is 10.1. The number of carbonyl (C=O) groups excluding carboxylic acids is 1. The van der Waals surface area contributed by atoms with Crippen LogP contribution in [0.15, 0.2) is 5.16 Å². The molecule has 0 aliphatic carbocycles. The summed E-state index contributed by atoms with van der Waals surface area (Å²) in [4.78, 5) is 23.6. The zero-order valence-corrected chi connectivity index (χ0v) is 16.9. The van der Waals surface area contributed by atoms with Crippen molar-refractivity contribution in [3.63, 3.8) is 0 Å². The fourth-order valence-electron chi connectivity index (χ4n) is 3.30. The average Bonchev–Trinajstić information content (AvgIpc) is 2.59. The Morgan fingerprint density at radius 3 is 2.48 bits per heavy atom. The first-order valence-electron chi connectivity index (χ1n) is 9.36. The molecule has 2 heterocycles. The van der Waals surface area contributed by atoms with Crippen LogP contribution in [0.2, 0.25) is 0 Å². The van der Waals surface area contributed by atoms with E-state index in [9.17, 15) is 4.79 Å². The van der Waals surface area contributed by atoms with Gasteiger partial charge in [0.25, 0.3) is 0 Å². The minimum absolute atomic E-state index is 0.125. The molecule has 25 heavy (non-hydrogen) atoms. The molecule has 1 fully saturated rings. The van der Waals surface area contributed by atoms with Crippen LogP contribution in [0.1, 0.15) is 49.6 Å². The molecule has 1 aromatic heterocycles. The number of aromatic nitrogens is 2. The molecule has 0 spiro atoms. The SMILES string of the molecule is CSc1nc(C)c(CCC(=O)NCCCN2CCC(C)CC2)c(C)n1. The Hall–Kier alpha value is -1.14. The summed E-state index contributed by atoms with van der Waals surface area (Å²) >= 11 is 1.55. The summed E-state index contributed by atoms with van der Waals surface area (Å²) in [6, 6.07) is 0. The predicted molar refractivity (Wildman–Crippen MR) is 104 cm³/mol. The van der Waals surface area contributed by atoms with E-state index in [0.717, 1.165) is 47.5 Å². The van der Waals surface area contributed by atoms with Crippen LogP contribution in [0.3, 0.4) is 0 Å². The average molecular weight is 365 g/mol. The molecule has 1 aliphatic rings. The molecule has 140 valence electrons. The Bertz CT molecular complexity index is 548. The van der Waals surface area contributed by atoms with E-state index in [4.69, 9.17) is 0 Å². The van der Waals surface area contributed by atoms with Gasteiger partial charge in [0.2, 0.25) is 5.91 Å². The maximum Gasteiger partial charge on any atom is 0.220 e. The Morgan fingerprint density at radius 2 is 1.88 bits per heavy atom. The van der Waals surface area contributed by atoms with Gasteiger partial charge in [0, 0.05) is 24.4 Å². The van der Waals surface area contributed by atoms with Gasteiger partial charge in [-0.1, -0.05) is 18.7 Å². The molecule has 2 rings (SSSR count). The third-order valence-electron chi connectivity index (χ3n) is 5.03. The minimum atomic E-state index is 0.125. The number of hydrogen-bond donors (Lipinski definition) is 1. The van der Waals surface area contributed by atoms with E-state index in [1.165, 1.54) is 25.9 Å². The maximum absolute atomic E-state index is 12.1. The topological polar surface area (TPSA) is 58.1 Å². The van der Waals surface area contributed by atoms with E-state index >= 15 is 0 Å². The molecular weight excluding hydrogens is 332 g/mol. The van der Waals surface area contributed by atoms with Gasteiger partial charge in [-0.2, -0.15) is 0 Å². The third kappa shape index (κ3) is 6.59. The zero-order chi connectivity index (χ0) is 18.2. The number of carbonyl (C=O) groups is 1. The second-order valence-electron chi connectivity index (χ2n) is 7.09. The molecule has 1 aromatic rings. The maximum atomic E-state index is 12.1. The lowest BCUT2D eigenvalue weighted by Crippen LogP contribution is -2.35. The van der Waals surface area contributed by atoms with Crippen LogP contribution < -0.4 is 5.32 Å². The van der Waals surface area contributed by atoms with Crippen molar-refractivity contribution in [1.82, 2.24) is 20.2 Å². The van der Waals surface area contributed by atoms with Crippen molar-refractivity contribution in [3.8, 4) is 0 Å². The van der Waals surface area contributed by atoms with Crippen LogP contribution >= 0.6 is 11.8 Å². The number of hydrogen-bond acceptors (Lipinski definition) is 5. The van der Waals surface area contributed by atoms with Crippen molar-refractivity contribution in [2.45, 2.75) is 58.0 Å².